The van der Waals surface area contributed by atoms with Crippen LogP contribution in [0.5, 0.6) is 0 Å². The highest BCUT2D eigenvalue weighted by Gasteiger charge is 2.30. The Kier molecular flexibility index (Phi) is 7.84. The van der Waals surface area contributed by atoms with Gasteiger partial charge in [-0.1, -0.05) is 39.3 Å². The second-order valence-electron chi connectivity index (χ2n) is 8.11. The van der Waals surface area contributed by atoms with Gasteiger partial charge in [-0.2, -0.15) is 0 Å². The highest BCUT2D eigenvalue weighted by atomic mass is 28.3. The van der Waals surface area contributed by atoms with Gasteiger partial charge in [0.15, 0.2) is 0 Å². The molecule has 1 atom stereocenters. The maximum Gasteiger partial charge on any atom is 0.321 e. The molecule has 0 amide bonds. The fraction of sp³-hybridized carbons (Fsp3) is 0.857. The molecule has 5 nitrogen and oxygen atoms in total. The third-order valence-corrected chi connectivity index (χ3v) is 6.84. The van der Waals surface area contributed by atoms with E-state index < -0.39 is 34.1 Å². The number of hydrogen-bond acceptors (Lipinski definition) is 3. The first-order valence-corrected chi connectivity index (χ1v) is 14.9. The first kappa shape index (κ1) is 20.3. The van der Waals surface area contributed by atoms with Crippen molar-refractivity contribution in [2.45, 2.75) is 63.8 Å². The molecule has 124 valence electrons. The average molecular weight is 334 g/mol. The number of carbonyl (C=O) groups is 2. The number of rotatable bonds is 10. The molecule has 0 radical (unpaired) electrons. The van der Waals surface area contributed by atoms with Crippen molar-refractivity contribution in [1.82, 2.24) is 4.90 Å². The van der Waals surface area contributed by atoms with E-state index in [4.69, 9.17) is 5.11 Å². The van der Waals surface area contributed by atoms with Crippen molar-refractivity contribution < 1.29 is 19.8 Å². The van der Waals surface area contributed by atoms with Gasteiger partial charge in [0.1, 0.15) is 6.04 Å². The number of hydrogen-bond donors (Lipinski definition) is 2. The van der Waals surface area contributed by atoms with E-state index in [0.29, 0.717) is 13.1 Å². The standard InChI is InChI=1S/C14H31NO4Si2/c1-20(2,3)9-7-15(8-10-21(4,5)6)12(14(18)19)11-13(16)17/h12H,7-11H2,1-6H3,(H,16,17)(H,18,19)/t12-/m0/s1. The van der Waals surface area contributed by atoms with E-state index >= 15 is 0 Å². The highest BCUT2D eigenvalue weighted by Crippen LogP contribution is 2.17. The normalized spacial score (nSPS) is 14.2. The van der Waals surface area contributed by atoms with Crippen LogP contribution in [-0.4, -0.2) is 62.3 Å². The highest BCUT2D eigenvalue weighted by molar-refractivity contribution is 6.76. The quantitative estimate of drug-likeness (QED) is 0.601. The molecule has 0 unspecified atom stereocenters. The Morgan fingerprint density at radius 1 is 0.905 bits per heavy atom. The molecule has 0 aromatic carbocycles. The van der Waals surface area contributed by atoms with Gasteiger partial charge in [0.2, 0.25) is 0 Å². The van der Waals surface area contributed by atoms with Crippen LogP contribution in [0.3, 0.4) is 0 Å². The van der Waals surface area contributed by atoms with Crippen LogP contribution < -0.4 is 0 Å². The van der Waals surface area contributed by atoms with E-state index in [0.717, 1.165) is 12.1 Å². The molecule has 2 N–H and O–H groups in total. The second-order valence-corrected chi connectivity index (χ2v) is 19.4. The molecule has 7 heteroatoms. The molecule has 0 aliphatic carbocycles. The summed E-state index contributed by atoms with van der Waals surface area (Å²) in [5, 5.41) is 18.3. The van der Waals surface area contributed by atoms with E-state index in [1.807, 2.05) is 4.90 Å². The van der Waals surface area contributed by atoms with E-state index in [-0.39, 0.29) is 6.42 Å². The largest absolute Gasteiger partial charge is 0.481 e. The van der Waals surface area contributed by atoms with E-state index in [9.17, 15) is 14.7 Å². The van der Waals surface area contributed by atoms with E-state index in [1.54, 1.807) is 0 Å². The molecule has 0 saturated carbocycles. The topological polar surface area (TPSA) is 77.8 Å². The summed E-state index contributed by atoms with van der Waals surface area (Å²) in [7, 11) is -2.57. The van der Waals surface area contributed by atoms with Gasteiger partial charge in [0.25, 0.3) is 0 Å². The Hall–Kier alpha value is -0.666. The van der Waals surface area contributed by atoms with Crippen molar-refractivity contribution in [2.75, 3.05) is 13.1 Å². The van der Waals surface area contributed by atoms with Gasteiger partial charge in [-0.3, -0.25) is 14.5 Å². The van der Waals surface area contributed by atoms with Crippen LogP contribution in [0.1, 0.15) is 6.42 Å². The molecule has 0 aliphatic heterocycles. The molecule has 21 heavy (non-hydrogen) atoms. The predicted molar refractivity (Wildman–Crippen MR) is 91.6 cm³/mol. The average Bonchev–Trinajstić information content (AvgIpc) is 2.23. The fourth-order valence-electron chi connectivity index (χ4n) is 1.92. The lowest BCUT2D eigenvalue weighted by Gasteiger charge is -2.32. The van der Waals surface area contributed by atoms with Gasteiger partial charge in [-0.05, 0) is 25.2 Å². The third-order valence-electron chi connectivity index (χ3n) is 3.39. The minimum absolute atomic E-state index is 0.327. The van der Waals surface area contributed by atoms with Crippen molar-refractivity contribution >= 4 is 28.1 Å². The van der Waals surface area contributed by atoms with Gasteiger partial charge in [0.05, 0.1) is 6.42 Å². The van der Waals surface area contributed by atoms with Crippen molar-refractivity contribution in [3.8, 4) is 0 Å². The smallest absolute Gasteiger partial charge is 0.321 e. The summed E-state index contributed by atoms with van der Waals surface area (Å²) in [6.07, 6.45) is -0.327. The van der Waals surface area contributed by atoms with Crippen molar-refractivity contribution in [3.05, 3.63) is 0 Å². The Morgan fingerprint density at radius 2 is 1.29 bits per heavy atom. The zero-order valence-electron chi connectivity index (χ0n) is 14.3. The lowest BCUT2D eigenvalue weighted by atomic mass is 10.2. The molecule has 0 bridgehead atoms. The molecule has 0 saturated heterocycles. The summed E-state index contributed by atoms with van der Waals surface area (Å²) >= 11 is 0. The summed E-state index contributed by atoms with van der Waals surface area (Å²) in [6.45, 7) is 14.9. The van der Waals surface area contributed by atoms with Crippen LogP contribution in [0.2, 0.25) is 51.4 Å². The molecule has 0 aliphatic rings. The molecule has 0 heterocycles. The SMILES string of the molecule is C[Si](C)(C)CCN(CC[Si](C)(C)C)[C@@H](CC(=O)O)C(=O)O. The molecule has 0 aromatic rings. The molecule has 0 spiro atoms. The summed E-state index contributed by atoms with van der Waals surface area (Å²) in [6, 6.07) is 1.07. The first-order chi connectivity index (χ1) is 9.32. The summed E-state index contributed by atoms with van der Waals surface area (Å²) in [5.41, 5.74) is 0. The van der Waals surface area contributed by atoms with Crippen molar-refractivity contribution in [1.29, 1.82) is 0 Å². The minimum atomic E-state index is -1.29. The first-order valence-electron chi connectivity index (χ1n) is 7.50. The number of aliphatic carboxylic acids is 2. The van der Waals surface area contributed by atoms with Gasteiger partial charge in [-0.25, -0.2) is 0 Å². The van der Waals surface area contributed by atoms with Crippen LogP contribution >= 0.6 is 0 Å². The van der Waals surface area contributed by atoms with Crippen LogP contribution in [0.25, 0.3) is 0 Å². The van der Waals surface area contributed by atoms with Crippen LogP contribution in [0.4, 0.5) is 0 Å². The maximum atomic E-state index is 11.4. The summed E-state index contributed by atoms with van der Waals surface area (Å²) in [4.78, 5) is 24.3. The predicted octanol–water partition coefficient (Wildman–Crippen LogP) is 2.89. The minimum Gasteiger partial charge on any atom is -0.481 e. The maximum absolute atomic E-state index is 11.4. The molecule has 0 aromatic heterocycles. The molecular formula is C14H31NO4Si2. The van der Waals surface area contributed by atoms with Crippen LogP contribution in [0, 0.1) is 0 Å². The van der Waals surface area contributed by atoms with E-state index in [2.05, 4.69) is 39.3 Å². The Labute approximate surface area is 130 Å². The monoisotopic (exact) mass is 333 g/mol. The van der Waals surface area contributed by atoms with Crippen molar-refractivity contribution in [3.63, 3.8) is 0 Å². The van der Waals surface area contributed by atoms with Gasteiger partial charge in [0, 0.05) is 16.1 Å². The van der Waals surface area contributed by atoms with Gasteiger partial charge in [-0.15, -0.1) is 0 Å². The van der Waals surface area contributed by atoms with Gasteiger partial charge < -0.3 is 10.2 Å². The third kappa shape index (κ3) is 10.7. The molecule has 0 rings (SSSR count). The number of carboxylic acid groups (broad SMARTS) is 2. The zero-order valence-corrected chi connectivity index (χ0v) is 16.3. The van der Waals surface area contributed by atoms with Crippen molar-refractivity contribution in [2.24, 2.45) is 0 Å². The van der Waals surface area contributed by atoms with Crippen LogP contribution in [0.15, 0.2) is 0 Å². The Balaban J connectivity index is 4.96. The summed E-state index contributed by atoms with van der Waals surface area (Å²) in [5.74, 6) is -2.07. The van der Waals surface area contributed by atoms with Crippen LogP contribution in [-0.2, 0) is 9.59 Å². The van der Waals surface area contributed by atoms with Gasteiger partial charge >= 0.3 is 11.9 Å². The second kappa shape index (κ2) is 8.09. The lowest BCUT2D eigenvalue weighted by molar-refractivity contribution is -0.149. The Morgan fingerprint density at radius 3 is 1.52 bits per heavy atom. The lowest BCUT2D eigenvalue weighted by Crippen LogP contribution is -2.46. The number of carboxylic acids is 2. The Bertz CT molecular complexity index is 343. The van der Waals surface area contributed by atoms with E-state index in [1.165, 1.54) is 0 Å². The molecular weight excluding hydrogens is 302 g/mol. The molecule has 0 fully saturated rings. The summed E-state index contributed by atoms with van der Waals surface area (Å²) < 4.78 is 0. The zero-order chi connectivity index (χ0) is 16.8. The number of nitrogens with zero attached hydrogens (tertiary/aromatic N) is 1. The fourth-order valence-corrected chi connectivity index (χ4v) is 3.84.